The van der Waals surface area contributed by atoms with Crippen LogP contribution in [-0.4, -0.2) is 18.0 Å². The van der Waals surface area contributed by atoms with E-state index >= 15 is 0 Å². The number of hydrogen-bond acceptors (Lipinski definition) is 1. The van der Waals surface area contributed by atoms with E-state index in [0.717, 1.165) is 0 Å². The molecule has 0 amide bonds. The topological polar surface area (TPSA) is 3.24 Å². The van der Waals surface area contributed by atoms with E-state index in [0.29, 0.717) is 6.04 Å². The Morgan fingerprint density at radius 1 is 0.432 bits per heavy atom. The van der Waals surface area contributed by atoms with Crippen LogP contribution in [0.2, 0.25) is 0 Å². The highest BCUT2D eigenvalue weighted by Crippen LogP contribution is 2.22. The molecule has 0 fully saturated rings. The number of rotatable bonds is 28. The van der Waals surface area contributed by atoms with Crippen LogP contribution in [0, 0.1) is 0 Å². The van der Waals surface area contributed by atoms with Gasteiger partial charge in [-0.05, 0) is 38.4 Å². The second-order valence-corrected chi connectivity index (χ2v) is 11.9. The first-order chi connectivity index (χ1) is 18.3. The monoisotopic (exact) mass is 514 g/mol. The van der Waals surface area contributed by atoms with Crippen LogP contribution in [0.4, 0.5) is 0 Å². The smallest absolute Gasteiger partial charge is 0.0319 e. The lowest BCUT2D eigenvalue weighted by molar-refractivity contribution is 0.201. The van der Waals surface area contributed by atoms with Crippen LogP contribution < -0.4 is 0 Å². The van der Waals surface area contributed by atoms with Crippen molar-refractivity contribution >= 4 is 0 Å². The number of hydrogen-bond donors (Lipinski definition) is 0. The minimum absolute atomic E-state index is 0.543. The average Bonchev–Trinajstić information content (AvgIpc) is 2.93. The summed E-state index contributed by atoms with van der Waals surface area (Å²) in [6, 6.07) is 11.7. The lowest BCUT2D eigenvalue weighted by atomic mass is 10.0. The van der Waals surface area contributed by atoms with Crippen LogP contribution in [-0.2, 0) is 0 Å². The molecule has 0 N–H and O–H groups in total. The summed E-state index contributed by atoms with van der Waals surface area (Å²) in [4.78, 5) is 2.78. The molecule has 0 radical (unpaired) electrons. The molecule has 1 atom stereocenters. The summed E-state index contributed by atoms with van der Waals surface area (Å²) in [5.41, 5.74) is 1.49. The quantitative estimate of drug-likeness (QED) is 0.101. The predicted molar refractivity (Wildman–Crippen MR) is 169 cm³/mol. The van der Waals surface area contributed by atoms with Gasteiger partial charge in [0.15, 0.2) is 0 Å². The maximum absolute atomic E-state index is 2.78. The predicted octanol–water partition coefficient (Wildman–Crippen LogP) is 12.5. The maximum Gasteiger partial charge on any atom is 0.0319 e. The first kappa shape index (κ1) is 34.2. The normalized spacial score (nSPS) is 12.4. The van der Waals surface area contributed by atoms with Crippen LogP contribution in [0.1, 0.15) is 186 Å². The van der Waals surface area contributed by atoms with Gasteiger partial charge in [0.05, 0.1) is 0 Å². The van der Waals surface area contributed by atoms with Crippen LogP contribution in [0.25, 0.3) is 0 Å². The van der Waals surface area contributed by atoms with Crippen LogP contribution in [0.5, 0.6) is 0 Å². The molecule has 1 rings (SSSR count). The minimum atomic E-state index is 0.543. The second-order valence-electron chi connectivity index (χ2n) is 11.9. The molecule has 0 saturated carbocycles. The van der Waals surface area contributed by atoms with Crippen molar-refractivity contribution in [2.45, 2.75) is 181 Å². The standard InChI is InChI=1S/C36H67N/c1-4-6-8-10-12-14-16-18-20-22-24-29-33-37(35(3)36-31-27-26-28-32-36)34-30-25-23-21-19-17-15-13-11-9-7-5-2/h26-28,31-32,35H,4-25,29-30,33-34H2,1-3H3. The van der Waals surface area contributed by atoms with E-state index < -0.39 is 0 Å². The van der Waals surface area contributed by atoms with Crippen molar-refractivity contribution in [1.29, 1.82) is 0 Å². The fourth-order valence-corrected chi connectivity index (χ4v) is 5.75. The molecule has 0 bridgehead atoms. The number of benzene rings is 1. The van der Waals surface area contributed by atoms with Gasteiger partial charge in [0.2, 0.25) is 0 Å². The third-order valence-electron chi connectivity index (χ3n) is 8.43. The Morgan fingerprint density at radius 3 is 1.05 bits per heavy atom. The van der Waals surface area contributed by atoms with Crippen molar-refractivity contribution in [3.63, 3.8) is 0 Å². The van der Waals surface area contributed by atoms with Crippen molar-refractivity contribution in [3.05, 3.63) is 35.9 Å². The summed E-state index contributed by atoms with van der Waals surface area (Å²) in [6.07, 6.45) is 34.4. The van der Waals surface area contributed by atoms with Crippen molar-refractivity contribution in [2.75, 3.05) is 13.1 Å². The first-order valence-electron chi connectivity index (χ1n) is 17.1. The van der Waals surface area contributed by atoms with Crippen molar-refractivity contribution in [2.24, 2.45) is 0 Å². The van der Waals surface area contributed by atoms with Gasteiger partial charge in [-0.2, -0.15) is 0 Å². The SMILES string of the molecule is CCCCCCCCCCCCCCN(CCCCCCCCCCCCCC)C(C)c1ccccc1. The summed E-state index contributed by atoms with van der Waals surface area (Å²) in [7, 11) is 0. The Labute approximate surface area is 234 Å². The molecule has 1 nitrogen and oxygen atoms in total. The lowest BCUT2D eigenvalue weighted by Crippen LogP contribution is -2.29. The molecule has 1 heteroatoms. The highest BCUT2D eigenvalue weighted by molar-refractivity contribution is 5.18. The van der Waals surface area contributed by atoms with Crippen LogP contribution in [0.3, 0.4) is 0 Å². The summed E-state index contributed by atoms with van der Waals surface area (Å²) >= 11 is 0. The Morgan fingerprint density at radius 2 is 0.730 bits per heavy atom. The molecule has 0 aliphatic rings. The summed E-state index contributed by atoms with van der Waals surface area (Å²) in [6.45, 7) is 9.58. The fourth-order valence-electron chi connectivity index (χ4n) is 5.75. The molecule has 0 aromatic heterocycles. The summed E-state index contributed by atoms with van der Waals surface area (Å²) in [5.74, 6) is 0. The Hall–Kier alpha value is -0.820. The van der Waals surface area contributed by atoms with Gasteiger partial charge in [0, 0.05) is 6.04 Å². The van der Waals surface area contributed by atoms with Gasteiger partial charge in [-0.3, -0.25) is 4.90 Å². The largest absolute Gasteiger partial charge is 0.297 e. The third-order valence-corrected chi connectivity index (χ3v) is 8.43. The van der Waals surface area contributed by atoms with Crippen molar-refractivity contribution < 1.29 is 0 Å². The van der Waals surface area contributed by atoms with Gasteiger partial charge in [0.1, 0.15) is 0 Å². The molecule has 1 aromatic carbocycles. The first-order valence-corrected chi connectivity index (χ1v) is 17.1. The fraction of sp³-hybridized carbons (Fsp3) is 0.833. The zero-order chi connectivity index (χ0) is 26.7. The third kappa shape index (κ3) is 20.8. The zero-order valence-electron chi connectivity index (χ0n) is 25.8. The molecule has 37 heavy (non-hydrogen) atoms. The van der Waals surface area contributed by atoms with Gasteiger partial charge in [-0.1, -0.05) is 185 Å². The Bertz CT molecular complexity index is 525. The lowest BCUT2D eigenvalue weighted by Gasteiger charge is -2.29. The zero-order valence-corrected chi connectivity index (χ0v) is 25.8. The highest BCUT2D eigenvalue weighted by atomic mass is 15.1. The summed E-state index contributed by atoms with van der Waals surface area (Å²) in [5, 5.41) is 0. The number of unbranched alkanes of at least 4 members (excludes halogenated alkanes) is 22. The molecule has 0 heterocycles. The van der Waals surface area contributed by atoms with E-state index in [4.69, 9.17) is 0 Å². The Kier molecular flexibility index (Phi) is 24.8. The van der Waals surface area contributed by atoms with E-state index in [1.165, 1.54) is 173 Å². The summed E-state index contributed by atoms with van der Waals surface area (Å²) < 4.78 is 0. The Balaban J connectivity index is 2.14. The molecule has 0 aliphatic carbocycles. The van der Waals surface area contributed by atoms with Gasteiger partial charge in [-0.25, -0.2) is 0 Å². The molecule has 0 saturated heterocycles. The van der Waals surface area contributed by atoms with Crippen molar-refractivity contribution in [1.82, 2.24) is 4.90 Å². The van der Waals surface area contributed by atoms with Crippen LogP contribution >= 0.6 is 0 Å². The van der Waals surface area contributed by atoms with Gasteiger partial charge < -0.3 is 0 Å². The van der Waals surface area contributed by atoms with Crippen molar-refractivity contribution in [3.8, 4) is 0 Å². The molecule has 1 unspecified atom stereocenters. The van der Waals surface area contributed by atoms with E-state index in [-0.39, 0.29) is 0 Å². The van der Waals surface area contributed by atoms with Gasteiger partial charge in [-0.15, -0.1) is 0 Å². The molecule has 216 valence electrons. The minimum Gasteiger partial charge on any atom is -0.297 e. The highest BCUT2D eigenvalue weighted by Gasteiger charge is 2.14. The molecule has 0 aliphatic heterocycles. The second kappa shape index (κ2) is 26.8. The van der Waals surface area contributed by atoms with E-state index in [1.807, 2.05) is 0 Å². The van der Waals surface area contributed by atoms with Gasteiger partial charge >= 0.3 is 0 Å². The maximum atomic E-state index is 2.78. The van der Waals surface area contributed by atoms with E-state index in [1.54, 1.807) is 0 Å². The molecule has 0 spiro atoms. The van der Waals surface area contributed by atoms with Gasteiger partial charge in [0.25, 0.3) is 0 Å². The molecule has 1 aromatic rings. The molecular weight excluding hydrogens is 446 g/mol. The van der Waals surface area contributed by atoms with E-state index in [2.05, 4.69) is 56.0 Å². The average molecular weight is 514 g/mol. The number of nitrogens with zero attached hydrogens (tertiary/aromatic N) is 1. The van der Waals surface area contributed by atoms with E-state index in [9.17, 15) is 0 Å². The van der Waals surface area contributed by atoms with Crippen LogP contribution in [0.15, 0.2) is 30.3 Å². The molecular formula is C36H67N.